The number of rotatable bonds is 7. The lowest BCUT2D eigenvalue weighted by atomic mass is 10.1. The number of ether oxygens (including phenoxy) is 3. The number of methoxy groups -OCH3 is 2. The fourth-order valence-electron chi connectivity index (χ4n) is 3.21. The van der Waals surface area contributed by atoms with E-state index in [2.05, 4.69) is 34.7 Å². The molecule has 2 N–H and O–H groups in total. The average Bonchev–Trinajstić information content (AvgIpc) is 3.31. The minimum absolute atomic E-state index is 0.0854. The number of carbonyl (C=O) groups excluding carboxylic acids is 1. The van der Waals surface area contributed by atoms with Crippen molar-refractivity contribution in [2.45, 2.75) is 32.3 Å². The van der Waals surface area contributed by atoms with Gasteiger partial charge in [0, 0.05) is 17.9 Å². The highest BCUT2D eigenvalue weighted by Crippen LogP contribution is 2.27. The molecular weight excluding hydrogens is 382 g/mol. The van der Waals surface area contributed by atoms with Crippen LogP contribution in [-0.2, 0) is 11.2 Å². The maximum atomic E-state index is 12.9. The number of aryl methyl sites for hydroxylation is 1. The number of hydrogen-bond donors (Lipinski definition) is 2. The van der Waals surface area contributed by atoms with Crippen molar-refractivity contribution < 1.29 is 19.0 Å². The smallest absolute Gasteiger partial charge is 0.258 e. The van der Waals surface area contributed by atoms with Crippen LogP contribution >= 0.6 is 0 Å². The fraction of sp³-hybridized carbons (Fsp3) is 0.391. The minimum atomic E-state index is -0.292. The number of carbonyl (C=O) groups is 1. The van der Waals surface area contributed by atoms with Gasteiger partial charge in [0.1, 0.15) is 0 Å². The Balaban J connectivity index is 1.76. The molecule has 1 amide bonds. The monoisotopic (exact) mass is 411 g/mol. The molecule has 3 rings (SSSR count). The average molecular weight is 412 g/mol. The summed E-state index contributed by atoms with van der Waals surface area (Å²) >= 11 is 0. The molecule has 0 saturated carbocycles. The van der Waals surface area contributed by atoms with E-state index in [-0.39, 0.29) is 12.0 Å². The van der Waals surface area contributed by atoms with Gasteiger partial charge >= 0.3 is 0 Å². The molecule has 7 nitrogen and oxygen atoms in total. The second-order valence-electron chi connectivity index (χ2n) is 7.02. The van der Waals surface area contributed by atoms with Crippen LogP contribution < -0.4 is 20.1 Å². The van der Waals surface area contributed by atoms with E-state index in [1.54, 1.807) is 25.3 Å². The van der Waals surface area contributed by atoms with Gasteiger partial charge in [0.15, 0.2) is 11.5 Å². The van der Waals surface area contributed by atoms with Crippen LogP contribution in [0.1, 0.15) is 35.7 Å². The van der Waals surface area contributed by atoms with E-state index in [1.165, 1.54) is 12.7 Å². The van der Waals surface area contributed by atoms with Gasteiger partial charge in [-0.05, 0) is 55.2 Å². The molecule has 0 unspecified atom stereocenters. The van der Waals surface area contributed by atoms with Gasteiger partial charge in [-0.3, -0.25) is 10.1 Å². The Morgan fingerprint density at radius 3 is 2.53 bits per heavy atom. The highest BCUT2D eigenvalue weighted by Gasteiger charge is 2.17. The van der Waals surface area contributed by atoms with Gasteiger partial charge in [-0.2, -0.15) is 0 Å². The number of benzene rings is 2. The molecule has 7 heteroatoms. The van der Waals surface area contributed by atoms with Crippen molar-refractivity contribution in [3.05, 3.63) is 53.6 Å². The number of anilines is 1. The van der Waals surface area contributed by atoms with Crippen LogP contribution in [0.2, 0.25) is 0 Å². The van der Waals surface area contributed by atoms with Crippen LogP contribution in [0, 0.1) is 0 Å². The summed E-state index contributed by atoms with van der Waals surface area (Å²) in [6, 6.07) is 13.1. The Morgan fingerprint density at radius 2 is 1.90 bits per heavy atom. The second-order valence-corrected chi connectivity index (χ2v) is 7.02. The topological polar surface area (TPSA) is 81.2 Å². The zero-order chi connectivity index (χ0) is 21.3. The van der Waals surface area contributed by atoms with Gasteiger partial charge in [0.2, 0.25) is 5.96 Å². The zero-order valence-corrected chi connectivity index (χ0v) is 17.7. The molecule has 1 atom stereocenters. The molecule has 1 fully saturated rings. The van der Waals surface area contributed by atoms with Crippen molar-refractivity contribution in [1.29, 1.82) is 0 Å². The molecule has 2 aromatic rings. The molecule has 0 radical (unpaired) electrons. The molecule has 0 aliphatic carbocycles. The molecule has 0 spiro atoms. The first-order chi connectivity index (χ1) is 14.6. The van der Waals surface area contributed by atoms with Crippen LogP contribution in [0.5, 0.6) is 11.5 Å². The van der Waals surface area contributed by atoms with Crippen molar-refractivity contribution in [2.24, 2.45) is 4.99 Å². The number of nitrogens with zero attached hydrogens (tertiary/aromatic N) is 1. The Labute approximate surface area is 177 Å². The van der Waals surface area contributed by atoms with Gasteiger partial charge in [0.05, 0.1) is 26.9 Å². The predicted molar refractivity (Wildman–Crippen MR) is 118 cm³/mol. The van der Waals surface area contributed by atoms with Gasteiger partial charge in [-0.25, -0.2) is 4.99 Å². The molecule has 1 heterocycles. The molecular formula is C23H29N3O4. The summed E-state index contributed by atoms with van der Waals surface area (Å²) < 4.78 is 16.2. The molecule has 1 aliphatic rings. The van der Waals surface area contributed by atoms with E-state index in [1.807, 2.05) is 12.1 Å². The summed E-state index contributed by atoms with van der Waals surface area (Å²) in [7, 11) is 3.09. The largest absolute Gasteiger partial charge is 0.493 e. The Morgan fingerprint density at radius 1 is 1.13 bits per heavy atom. The first-order valence-corrected chi connectivity index (χ1v) is 10.2. The first kappa shape index (κ1) is 21.6. The Hall–Kier alpha value is -3.06. The number of aliphatic imine (C=N–C) groups is 1. The number of amides is 1. The highest BCUT2D eigenvalue weighted by molar-refractivity contribution is 6.10. The molecule has 0 bridgehead atoms. The van der Waals surface area contributed by atoms with E-state index in [4.69, 9.17) is 14.2 Å². The third-order valence-corrected chi connectivity index (χ3v) is 4.98. The van der Waals surface area contributed by atoms with Crippen LogP contribution in [-0.4, -0.2) is 45.3 Å². The van der Waals surface area contributed by atoms with Gasteiger partial charge in [-0.1, -0.05) is 19.1 Å². The van der Waals surface area contributed by atoms with Gasteiger partial charge in [0.25, 0.3) is 5.91 Å². The van der Waals surface area contributed by atoms with E-state index in [0.29, 0.717) is 29.6 Å². The van der Waals surface area contributed by atoms with E-state index >= 15 is 0 Å². The van der Waals surface area contributed by atoms with Crippen molar-refractivity contribution in [1.82, 2.24) is 5.32 Å². The van der Waals surface area contributed by atoms with Crippen molar-refractivity contribution >= 4 is 17.6 Å². The molecule has 160 valence electrons. The zero-order valence-electron chi connectivity index (χ0n) is 17.7. The van der Waals surface area contributed by atoms with E-state index in [9.17, 15) is 4.79 Å². The summed E-state index contributed by atoms with van der Waals surface area (Å²) in [6.45, 7) is 3.36. The fourth-order valence-corrected chi connectivity index (χ4v) is 3.21. The number of hydrogen-bond acceptors (Lipinski definition) is 5. The third-order valence-electron chi connectivity index (χ3n) is 4.98. The van der Waals surface area contributed by atoms with Gasteiger partial charge in [-0.15, -0.1) is 0 Å². The number of guanidine groups is 1. The summed E-state index contributed by atoms with van der Waals surface area (Å²) in [6.07, 6.45) is 3.07. The first-order valence-electron chi connectivity index (χ1n) is 10.2. The Kier molecular flexibility index (Phi) is 7.68. The second kappa shape index (κ2) is 10.6. The molecule has 1 saturated heterocycles. The quantitative estimate of drug-likeness (QED) is 0.537. The van der Waals surface area contributed by atoms with Crippen molar-refractivity contribution in [3.63, 3.8) is 0 Å². The van der Waals surface area contributed by atoms with E-state index in [0.717, 1.165) is 31.6 Å². The maximum absolute atomic E-state index is 12.9. The lowest BCUT2D eigenvalue weighted by Gasteiger charge is -2.14. The molecule has 2 aromatic carbocycles. The van der Waals surface area contributed by atoms with Gasteiger partial charge < -0.3 is 19.5 Å². The highest BCUT2D eigenvalue weighted by atomic mass is 16.5. The maximum Gasteiger partial charge on any atom is 0.258 e. The standard InChI is InChI=1S/C23H29N3O4/c1-4-16-7-10-18(11-8-16)25-23(24-15-19-6-5-13-30-19)26-22(27)17-9-12-20(28-2)21(14-17)29-3/h7-12,14,19H,4-6,13,15H2,1-3H3,(H2,24,25,26,27)/t19-/m0/s1. The van der Waals surface area contributed by atoms with Crippen LogP contribution in [0.3, 0.4) is 0 Å². The lowest BCUT2D eigenvalue weighted by Crippen LogP contribution is -2.36. The molecule has 1 aliphatic heterocycles. The normalized spacial score (nSPS) is 16.2. The summed E-state index contributed by atoms with van der Waals surface area (Å²) in [5.41, 5.74) is 2.54. The summed E-state index contributed by atoms with van der Waals surface area (Å²) in [4.78, 5) is 17.4. The van der Waals surface area contributed by atoms with Crippen LogP contribution in [0.15, 0.2) is 47.5 Å². The third kappa shape index (κ3) is 5.73. The minimum Gasteiger partial charge on any atom is -0.493 e. The number of nitrogens with one attached hydrogen (secondary N) is 2. The molecule has 0 aromatic heterocycles. The van der Waals surface area contributed by atoms with Crippen LogP contribution in [0.4, 0.5) is 5.69 Å². The summed E-state index contributed by atoms with van der Waals surface area (Å²) in [5.74, 6) is 1.15. The van der Waals surface area contributed by atoms with E-state index < -0.39 is 0 Å². The molecule has 30 heavy (non-hydrogen) atoms. The SMILES string of the molecule is CCc1ccc(NC(=NC[C@@H]2CCCO2)NC(=O)c2ccc(OC)c(OC)c2)cc1. The van der Waals surface area contributed by atoms with Crippen LogP contribution in [0.25, 0.3) is 0 Å². The van der Waals surface area contributed by atoms with Crippen molar-refractivity contribution in [2.75, 3.05) is 32.7 Å². The van der Waals surface area contributed by atoms with Crippen molar-refractivity contribution in [3.8, 4) is 11.5 Å². The Bertz CT molecular complexity index is 875. The lowest BCUT2D eigenvalue weighted by molar-refractivity contribution is 0.0975. The predicted octanol–water partition coefficient (Wildman–Crippen LogP) is 3.64. The summed E-state index contributed by atoms with van der Waals surface area (Å²) in [5, 5.41) is 6.08.